The number of benzene rings is 2. The van der Waals surface area contributed by atoms with Crippen molar-refractivity contribution in [3.8, 4) is 0 Å². The lowest BCUT2D eigenvalue weighted by molar-refractivity contribution is -0.167. The third-order valence-electron chi connectivity index (χ3n) is 5.14. The predicted molar refractivity (Wildman–Crippen MR) is 132 cm³/mol. The van der Waals surface area contributed by atoms with Gasteiger partial charge in [-0.05, 0) is 65.7 Å². The summed E-state index contributed by atoms with van der Waals surface area (Å²) in [7, 11) is -3.90. The first-order chi connectivity index (χ1) is 15.5. The van der Waals surface area contributed by atoms with Crippen LogP contribution in [0, 0.1) is 12.3 Å². The van der Waals surface area contributed by atoms with Gasteiger partial charge in [0.25, 0.3) is 0 Å². The Bertz CT molecular complexity index is 1100. The molecule has 0 spiro atoms. The second-order valence-corrected chi connectivity index (χ2v) is 12.9. The fourth-order valence-corrected chi connectivity index (χ4v) is 5.64. The number of rotatable bonds is 9. The van der Waals surface area contributed by atoms with E-state index in [-0.39, 0.29) is 17.9 Å². The Hall–Kier alpha value is -2.38. The highest BCUT2D eigenvalue weighted by molar-refractivity contribution is 7.91. The molecule has 0 saturated carbocycles. The molecule has 0 amide bonds. The van der Waals surface area contributed by atoms with E-state index in [9.17, 15) is 18.0 Å². The van der Waals surface area contributed by atoms with Gasteiger partial charge in [0.15, 0.2) is 9.84 Å². The molecule has 0 aliphatic rings. The Balaban J connectivity index is 2.32. The van der Waals surface area contributed by atoms with Crippen molar-refractivity contribution in [1.29, 1.82) is 0 Å². The molecule has 2 unspecified atom stereocenters. The van der Waals surface area contributed by atoms with E-state index in [0.717, 1.165) is 11.1 Å². The summed E-state index contributed by atoms with van der Waals surface area (Å²) in [5.74, 6) is -2.08. The van der Waals surface area contributed by atoms with E-state index in [1.54, 1.807) is 45.0 Å². The van der Waals surface area contributed by atoms with Gasteiger partial charge in [-0.3, -0.25) is 9.59 Å². The lowest BCUT2D eigenvalue weighted by Crippen LogP contribution is -2.46. The van der Waals surface area contributed by atoms with Gasteiger partial charge in [-0.1, -0.05) is 48.0 Å². The van der Waals surface area contributed by atoms with Gasteiger partial charge in [0.05, 0.1) is 16.1 Å². The zero-order chi connectivity index (χ0) is 25.8. The predicted octanol–water partition coefficient (Wildman–Crippen LogP) is 5.25. The van der Waals surface area contributed by atoms with Crippen LogP contribution in [0.15, 0.2) is 59.5 Å². The molecule has 0 radical (unpaired) electrons. The molecule has 0 N–H and O–H groups in total. The Morgan fingerprint density at radius 2 is 1.44 bits per heavy atom. The maximum Gasteiger partial charge on any atom is 0.327 e. The highest BCUT2D eigenvalue weighted by Crippen LogP contribution is 2.38. The average Bonchev–Trinajstić information content (AvgIpc) is 2.71. The number of alkyl halides is 1. The average molecular weight is 509 g/mol. The summed E-state index contributed by atoms with van der Waals surface area (Å²) in [6.45, 7) is 9.80. The normalized spacial score (nSPS) is 15.6. The Morgan fingerprint density at radius 1 is 0.882 bits per heavy atom. The number of hydrogen-bond acceptors (Lipinski definition) is 6. The number of halogens is 1. The van der Waals surface area contributed by atoms with Crippen molar-refractivity contribution in [2.45, 2.75) is 69.9 Å². The third-order valence-corrected chi connectivity index (χ3v) is 7.44. The molecule has 2 aromatic rings. The number of aryl methyl sites for hydroxylation is 1. The summed E-state index contributed by atoms with van der Waals surface area (Å²) in [6, 6.07) is 15.4. The van der Waals surface area contributed by atoms with Crippen LogP contribution < -0.4 is 0 Å². The van der Waals surface area contributed by atoms with Crippen LogP contribution in [0.3, 0.4) is 0 Å². The number of esters is 2. The van der Waals surface area contributed by atoms with Crippen LogP contribution in [0.5, 0.6) is 0 Å². The van der Waals surface area contributed by atoms with Crippen LogP contribution in [0.1, 0.15) is 52.2 Å². The van der Waals surface area contributed by atoms with Crippen LogP contribution >= 0.6 is 11.6 Å². The Labute approximate surface area is 207 Å². The maximum atomic E-state index is 13.2. The van der Waals surface area contributed by atoms with E-state index >= 15 is 0 Å². The second kappa shape index (κ2) is 10.5. The quantitative estimate of drug-likeness (QED) is 0.339. The molecule has 0 saturated heterocycles. The largest absolute Gasteiger partial charge is 0.460 e. The summed E-state index contributed by atoms with van der Waals surface area (Å²) in [5, 5.41) is 0. The smallest absolute Gasteiger partial charge is 0.327 e. The van der Waals surface area contributed by atoms with Gasteiger partial charge >= 0.3 is 11.9 Å². The van der Waals surface area contributed by atoms with Crippen LogP contribution in [-0.4, -0.2) is 36.6 Å². The van der Waals surface area contributed by atoms with Gasteiger partial charge in [0.2, 0.25) is 0 Å². The molecule has 0 bridgehead atoms. The fraction of sp³-hybridized carbons (Fsp3) is 0.462. The molecule has 2 aromatic carbocycles. The fourth-order valence-electron chi connectivity index (χ4n) is 3.51. The zero-order valence-corrected chi connectivity index (χ0v) is 22.1. The van der Waals surface area contributed by atoms with Crippen molar-refractivity contribution in [1.82, 2.24) is 0 Å². The first-order valence-corrected chi connectivity index (χ1v) is 13.0. The van der Waals surface area contributed by atoms with Crippen LogP contribution in [0.2, 0.25) is 0 Å². The minimum Gasteiger partial charge on any atom is -0.460 e. The number of ether oxygens (including phenoxy) is 2. The minimum absolute atomic E-state index is 0.00675. The highest BCUT2D eigenvalue weighted by atomic mass is 35.5. The van der Waals surface area contributed by atoms with Crippen molar-refractivity contribution in [2.75, 3.05) is 5.75 Å². The van der Waals surface area contributed by atoms with Gasteiger partial charge in [-0.2, -0.15) is 0 Å². The number of carbonyl (C=O) groups is 2. The number of sulfone groups is 1. The Kier molecular flexibility index (Phi) is 8.59. The molecule has 34 heavy (non-hydrogen) atoms. The van der Waals surface area contributed by atoms with Crippen molar-refractivity contribution in [3.05, 3.63) is 65.7 Å². The SMILES string of the molecule is Cc1ccc(S(=O)(=O)CC(C)(CC(C)(Cl)C(=O)OCc2ccccc2)C(=O)OC(C)(C)C)cc1. The van der Waals surface area contributed by atoms with Gasteiger partial charge in [-0.15, -0.1) is 11.6 Å². The van der Waals surface area contributed by atoms with Crippen LogP contribution in [0.4, 0.5) is 0 Å². The van der Waals surface area contributed by atoms with E-state index < -0.39 is 43.4 Å². The lowest BCUT2D eigenvalue weighted by atomic mass is 9.82. The Morgan fingerprint density at radius 3 is 1.97 bits per heavy atom. The summed E-state index contributed by atoms with van der Waals surface area (Å²) < 4.78 is 37.4. The molecule has 2 rings (SSSR count). The van der Waals surface area contributed by atoms with Gasteiger partial charge in [0, 0.05) is 0 Å². The molecule has 2 atom stereocenters. The first kappa shape index (κ1) is 27.9. The maximum absolute atomic E-state index is 13.2. The molecule has 0 heterocycles. The van der Waals surface area contributed by atoms with E-state index in [1.807, 2.05) is 25.1 Å². The molecular weight excluding hydrogens is 476 g/mol. The number of hydrogen-bond donors (Lipinski definition) is 0. The van der Waals surface area contributed by atoms with Crippen molar-refractivity contribution in [2.24, 2.45) is 5.41 Å². The molecule has 0 aliphatic heterocycles. The molecule has 8 heteroatoms. The van der Waals surface area contributed by atoms with E-state index in [0.29, 0.717) is 0 Å². The molecule has 0 aliphatic carbocycles. The van der Waals surface area contributed by atoms with Gasteiger partial charge in [0.1, 0.15) is 17.1 Å². The van der Waals surface area contributed by atoms with Crippen LogP contribution in [-0.2, 0) is 35.5 Å². The van der Waals surface area contributed by atoms with Crippen LogP contribution in [0.25, 0.3) is 0 Å². The summed E-state index contributed by atoms with van der Waals surface area (Å²) in [4.78, 5) is 24.5. The van der Waals surface area contributed by atoms with Crippen molar-refractivity contribution < 1.29 is 27.5 Å². The molecular formula is C26H33ClO6S. The molecule has 186 valence electrons. The lowest BCUT2D eigenvalue weighted by Gasteiger charge is -2.35. The van der Waals surface area contributed by atoms with Gasteiger partial charge < -0.3 is 9.47 Å². The molecule has 0 aromatic heterocycles. The monoisotopic (exact) mass is 508 g/mol. The van der Waals surface area contributed by atoms with E-state index in [2.05, 4.69) is 0 Å². The second-order valence-electron chi connectivity index (χ2n) is 10.1. The molecule has 6 nitrogen and oxygen atoms in total. The summed E-state index contributed by atoms with van der Waals surface area (Å²) in [5.41, 5.74) is -0.787. The number of carbonyl (C=O) groups excluding carboxylic acids is 2. The summed E-state index contributed by atoms with van der Waals surface area (Å²) in [6.07, 6.45) is -0.296. The third kappa shape index (κ3) is 7.84. The van der Waals surface area contributed by atoms with E-state index in [1.165, 1.54) is 26.0 Å². The zero-order valence-electron chi connectivity index (χ0n) is 20.6. The van der Waals surface area contributed by atoms with Gasteiger partial charge in [-0.25, -0.2) is 8.42 Å². The summed E-state index contributed by atoms with van der Waals surface area (Å²) >= 11 is 6.57. The molecule has 0 fully saturated rings. The highest BCUT2D eigenvalue weighted by Gasteiger charge is 2.49. The first-order valence-electron chi connectivity index (χ1n) is 11.0. The van der Waals surface area contributed by atoms with E-state index in [4.69, 9.17) is 21.1 Å². The standard InChI is InChI=1S/C26H33ClO6S/c1-19-12-14-21(15-13-19)34(30,31)18-25(5,22(28)33-24(2,3)4)17-26(6,27)23(29)32-16-20-10-8-7-9-11-20/h7-15H,16-18H2,1-6H3. The topological polar surface area (TPSA) is 86.7 Å². The van der Waals surface area contributed by atoms with Crippen molar-refractivity contribution in [3.63, 3.8) is 0 Å². The minimum atomic E-state index is -3.90. The van der Waals surface area contributed by atoms with Crippen molar-refractivity contribution >= 4 is 33.4 Å².